The van der Waals surface area contributed by atoms with Crippen molar-refractivity contribution in [3.8, 4) is 11.5 Å². The molecule has 2 N–H and O–H groups in total. The number of aromatic amines is 1. The number of carbonyl (C=O) groups is 1. The highest BCUT2D eigenvalue weighted by Crippen LogP contribution is 2.30. The summed E-state index contributed by atoms with van der Waals surface area (Å²) in [7, 11) is 1.63. The van der Waals surface area contributed by atoms with Crippen molar-refractivity contribution in [1.29, 1.82) is 0 Å². The van der Waals surface area contributed by atoms with E-state index in [2.05, 4.69) is 34.6 Å². The first-order valence-electron chi connectivity index (χ1n) is 10.4. The van der Waals surface area contributed by atoms with Gasteiger partial charge in [-0.25, -0.2) is 0 Å². The van der Waals surface area contributed by atoms with E-state index < -0.39 is 0 Å². The Morgan fingerprint density at radius 3 is 2.90 bits per heavy atom. The first kappa shape index (κ1) is 19.4. The third kappa shape index (κ3) is 4.24. The highest BCUT2D eigenvalue weighted by molar-refractivity contribution is 5.85. The Bertz CT molecular complexity index is 1010. The van der Waals surface area contributed by atoms with Gasteiger partial charge in [0.1, 0.15) is 0 Å². The number of ether oxygens (including phenoxy) is 2. The lowest BCUT2D eigenvalue weighted by molar-refractivity contribution is -0.121. The molecule has 29 heavy (non-hydrogen) atoms. The molecule has 1 atom stereocenters. The van der Waals surface area contributed by atoms with Crippen molar-refractivity contribution >= 4 is 16.8 Å². The molecule has 0 saturated heterocycles. The van der Waals surface area contributed by atoms with Crippen LogP contribution in [0.15, 0.2) is 42.5 Å². The van der Waals surface area contributed by atoms with Crippen molar-refractivity contribution in [1.82, 2.24) is 10.3 Å². The molecule has 0 bridgehead atoms. The second-order valence-corrected chi connectivity index (χ2v) is 7.55. The number of aromatic nitrogens is 1. The molecule has 1 unspecified atom stereocenters. The molecule has 1 aromatic heterocycles. The first-order chi connectivity index (χ1) is 14.2. The fourth-order valence-electron chi connectivity index (χ4n) is 4.21. The molecule has 1 aliphatic rings. The minimum absolute atomic E-state index is 0.0995. The number of hydrogen-bond acceptors (Lipinski definition) is 3. The molecule has 5 heteroatoms. The van der Waals surface area contributed by atoms with E-state index in [1.807, 2.05) is 25.1 Å². The van der Waals surface area contributed by atoms with Crippen molar-refractivity contribution in [3.05, 3.63) is 59.3 Å². The number of benzene rings is 2. The molecule has 1 heterocycles. The van der Waals surface area contributed by atoms with Gasteiger partial charge in [0, 0.05) is 35.5 Å². The van der Waals surface area contributed by atoms with E-state index in [-0.39, 0.29) is 11.9 Å². The summed E-state index contributed by atoms with van der Waals surface area (Å²) in [5.74, 6) is 1.55. The van der Waals surface area contributed by atoms with Crippen LogP contribution >= 0.6 is 0 Å². The highest BCUT2D eigenvalue weighted by atomic mass is 16.5. The molecule has 4 rings (SSSR count). The summed E-state index contributed by atoms with van der Waals surface area (Å²) in [5, 5.41) is 4.54. The predicted molar refractivity (Wildman–Crippen MR) is 115 cm³/mol. The molecule has 0 radical (unpaired) electrons. The Hall–Kier alpha value is -2.95. The van der Waals surface area contributed by atoms with Crippen LogP contribution in [0.25, 0.3) is 10.9 Å². The van der Waals surface area contributed by atoms with Gasteiger partial charge >= 0.3 is 0 Å². The smallest absolute Gasteiger partial charge is 0.220 e. The third-order valence-corrected chi connectivity index (χ3v) is 5.63. The zero-order valence-electron chi connectivity index (χ0n) is 17.1. The summed E-state index contributed by atoms with van der Waals surface area (Å²) in [5.41, 5.74) is 4.93. The second-order valence-electron chi connectivity index (χ2n) is 7.55. The summed E-state index contributed by atoms with van der Waals surface area (Å²) >= 11 is 0. The lowest BCUT2D eigenvalue weighted by atomic mass is 9.91. The van der Waals surface area contributed by atoms with E-state index in [0.29, 0.717) is 25.2 Å². The molecule has 2 aromatic carbocycles. The van der Waals surface area contributed by atoms with Crippen LogP contribution in [-0.2, 0) is 24.1 Å². The molecule has 0 spiro atoms. The van der Waals surface area contributed by atoms with Crippen molar-refractivity contribution < 1.29 is 14.3 Å². The van der Waals surface area contributed by atoms with Crippen LogP contribution < -0.4 is 14.8 Å². The van der Waals surface area contributed by atoms with E-state index in [4.69, 9.17) is 9.47 Å². The maximum atomic E-state index is 12.5. The Morgan fingerprint density at radius 2 is 2.07 bits per heavy atom. The van der Waals surface area contributed by atoms with Crippen molar-refractivity contribution in [2.45, 2.75) is 45.1 Å². The highest BCUT2D eigenvalue weighted by Gasteiger charge is 2.23. The van der Waals surface area contributed by atoms with Gasteiger partial charge in [0.15, 0.2) is 11.5 Å². The number of methoxy groups -OCH3 is 1. The van der Waals surface area contributed by atoms with Crippen LogP contribution in [0.1, 0.15) is 36.6 Å². The number of para-hydroxylation sites is 1. The monoisotopic (exact) mass is 392 g/mol. The van der Waals surface area contributed by atoms with Gasteiger partial charge in [0.05, 0.1) is 13.7 Å². The molecule has 5 nitrogen and oxygen atoms in total. The van der Waals surface area contributed by atoms with Crippen LogP contribution in [0.5, 0.6) is 11.5 Å². The molecular formula is C24H28N2O3. The van der Waals surface area contributed by atoms with Crippen molar-refractivity contribution in [2.24, 2.45) is 0 Å². The van der Waals surface area contributed by atoms with Crippen LogP contribution in [-0.4, -0.2) is 30.6 Å². The van der Waals surface area contributed by atoms with E-state index in [0.717, 1.165) is 30.6 Å². The van der Waals surface area contributed by atoms with E-state index in [1.165, 1.54) is 22.2 Å². The molecular weight excluding hydrogens is 364 g/mol. The predicted octanol–water partition coefficient (Wildman–Crippen LogP) is 4.18. The number of hydrogen-bond donors (Lipinski definition) is 2. The van der Waals surface area contributed by atoms with E-state index in [1.54, 1.807) is 7.11 Å². The maximum absolute atomic E-state index is 12.5. The Morgan fingerprint density at radius 1 is 1.21 bits per heavy atom. The molecule has 3 aromatic rings. The molecule has 1 amide bonds. The van der Waals surface area contributed by atoms with Crippen LogP contribution in [0.4, 0.5) is 0 Å². The number of H-pyrrole nitrogens is 1. The van der Waals surface area contributed by atoms with Gasteiger partial charge in [-0.05, 0) is 55.5 Å². The molecule has 152 valence electrons. The van der Waals surface area contributed by atoms with E-state index >= 15 is 0 Å². The number of rotatable bonds is 7. The number of amides is 1. The summed E-state index contributed by atoms with van der Waals surface area (Å²) < 4.78 is 10.9. The van der Waals surface area contributed by atoms with Crippen LogP contribution in [0, 0.1) is 0 Å². The molecule has 0 fully saturated rings. The number of nitrogens with one attached hydrogen (secondary N) is 2. The Kier molecular flexibility index (Phi) is 5.74. The first-order valence-corrected chi connectivity index (χ1v) is 10.4. The summed E-state index contributed by atoms with van der Waals surface area (Å²) in [6.45, 7) is 2.54. The normalized spacial score (nSPS) is 15.7. The maximum Gasteiger partial charge on any atom is 0.220 e. The zero-order chi connectivity index (χ0) is 20.2. The quantitative estimate of drug-likeness (QED) is 0.634. The standard InChI is InChI=1S/C24H28N2O3/c1-3-29-22-12-8-16(14-23(22)28-2)9-13-24(27)25-17-10-11-19-18-6-4-5-7-20(18)26-21(19)15-17/h4-8,12,14,17,26H,3,9-11,13,15H2,1-2H3,(H,25,27). The molecule has 0 aliphatic heterocycles. The van der Waals surface area contributed by atoms with Gasteiger partial charge in [-0.2, -0.15) is 0 Å². The number of carbonyl (C=O) groups excluding carboxylic acids is 1. The second kappa shape index (κ2) is 8.60. The molecule has 0 saturated carbocycles. The fourth-order valence-corrected chi connectivity index (χ4v) is 4.21. The van der Waals surface area contributed by atoms with Crippen molar-refractivity contribution in [3.63, 3.8) is 0 Å². The summed E-state index contributed by atoms with van der Waals surface area (Å²) in [4.78, 5) is 16.0. The summed E-state index contributed by atoms with van der Waals surface area (Å²) in [6.07, 6.45) is 4.00. The van der Waals surface area contributed by atoms with Crippen LogP contribution in [0.3, 0.4) is 0 Å². The number of aryl methyl sites for hydroxylation is 2. The lowest BCUT2D eigenvalue weighted by Crippen LogP contribution is -2.38. The Balaban J connectivity index is 1.33. The largest absolute Gasteiger partial charge is 0.493 e. The van der Waals surface area contributed by atoms with Gasteiger partial charge in [-0.1, -0.05) is 24.3 Å². The van der Waals surface area contributed by atoms with Gasteiger partial charge in [-0.3, -0.25) is 4.79 Å². The zero-order valence-corrected chi connectivity index (χ0v) is 17.1. The SMILES string of the molecule is CCOc1ccc(CCC(=O)NC2CCc3c([nH]c4ccccc34)C2)cc1OC. The fraction of sp³-hybridized carbons (Fsp3) is 0.375. The minimum atomic E-state index is 0.0995. The molecule has 1 aliphatic carbocycles. The number of fused-ring (bicyclic) bond motifs is 3. The average molecular weight is 392 g/mol. The summed E-state index contributed by atoms with van der Waals surface area (Å²) in [6, 6.07) is 14.5. The van der Waals surface area contributed by atoms with E-state index in [9.17, 15) is 4.79 Å². The van der Waals surface area contributed by atoms with Crippen LogP contribution in [0.2, 0.25) is 0 Å². The Labute approximate surface area is 171 Å². The third-order valence-electron chi connectivity index (χ3n) is 5.63. The van der Waals surface area contributed by atoms with Crippen molar-refractivity contribution in [2.75, 3.05) is 13.7 Å². The lowest BCUT2D eigenvalue weighted by Gasteiger charge is -2.23. The van der Waals surface area contributed by atoms with Gasteiger partial charge in [0.25, 0.3) is 0 Å². The minimum Gasteiger partial charge on any atom is -0.493 e. The topological polar surface area (TPSA) is 63.3 Å². The van der Waals surface area contributed by atoms with Gasteiger partial charge in [0.2, 0.25) is 5.91 Å². The van der Waals surface area contributed by atoms with Gasteiger partial charge < -0.3 is 19.8 Å². The average Bonchev–Trinajstić information content (AvgIpc) is 3.11. The van der Waals surface area contributed by atoms with Gasteiger partial charge in [-0.15, -0.1) is 0 Å².